The van der Waals surface area contributed by atoms with E-state index in [1.807, 2.05) is 16.8 Å². The highest BCUT2D eigenvalue weighted by molar-refractivity contribution is 7.07. The zero-order valence-corrected chi connectivity index (χ0v) is 11.9. The van der Waals surface area contributed by atoms with Crippen LogP contribution in [0.1, 0.15) is 35.1 Å². The molecule has 7 heteroatoms. The van der Waals surface area contributed by atoms with Crippen molar-refractivity contribution in [1.82, 2.24) is 25.4 Å². The van der Waals surface area contributed by atoms with Crippen LogP contribution in [0.5, 0.6) is 0 Å². The smallest absolute Gasteiger partial charge is 0.291 e. The first-order valence-corrected chi connectivity index (χ1v) is 7.68. The van der Waals surface area contributed by atoms with E-state index in [0.29, 0.717) is 12.6 Å². The average molecular weight is 291 g/mol. The van der Waals surface area contributed by atoms with Crippen LogP contribution in [0.15, 0.2) is 23.2 Å². The summed E-state index contributed by atoms with van der Waals surface area (Å²) in [5.41, 5.74) is 1.10. The van der Waals surface area contributed by atoms with Crippen molar-refractivity contribution >= 4 is 17.2 Å². The van der Waals surface area contributed by atoms with Gasteiger partial charge in [0.15, 0.2) is 0 Å². The fraction of sp³-hybridized carbons (Fsp3) is 0.462. The van der Waals surface area contributed by atoms with E-state index < -0.39 is 0 Å². The summed E-state index contributed by atoms with van der Waals surface area (Å²) < 4.78 is 1.80. The van der Waals surface area contributed by atoms with E-state index in [1.165, 1.54) is 0 Å². The normalized spacial score (nSPS) is 18.9. The summed E-state index contributed by atoms with van der Waals surface area (Å²) in [7, 11) is 0. The van der Waals surface area contributed by atoms with Crippen LogP contribution in [0, 0.1) is 0 Å². The van der Waals surface area contributed by atoms with Crippen LogP contribution in [-0.4, -0.2) is 33.8 Å². The average Bonchev–Trinajstić information content (AvgIpc) is 3.17. The number of aromatic nitrogens is 3. The molecule has 0 aromatic carbocycles. The van der Waals surface area contributed by atoms with Gasteiger partial charge in [0, 0.05) is 13.1 Å². The molecule has 1 saturated heterocycles. The van der Waals surface area contributed by atoms with Crippen molar-refractivity contribution in [1.29, 1.82) is 0 Å². The lowest BCUT2D eigenvalue weighted by Gasteiger charge is -2.22. The highest BCUT2D eigenvalue weighted by Gasteiger charge is 2.18. The first-order valence-electron chi connectivity index (χ1n) is 6.74. The standard InChI is InChI=1S/C13H17N5OS/c19-13(15-6-10-3-5-20-8-10)12-16-9-18(17-12)11-2-1-4-14-7-11/h3,5,8-9,11,14H,1-2,4,6-7H2,(H,15,19)/t11-/m1/s1. The van der Waals surface area contributed by atoms with Crippen molar-refractivity contribution in [3.05, 3.63) is 34.5 Å². The Kier molecular flexibility index (Phi) is 4.08. The van der Waals surface area contributed by atoms with Crippen molar-refractivity contribution < 1.29 is 4.79 Å². The van der Waals surface area contributed by atoms with Gasteiger partial charge in [-0.15, -0.1) is 5.10 Å². The number of nitrogens with zero attached hydrogens (tertiary/aromatic N) is 3. The lowest BCUT2D eigenvalue weighted by molar-refractivity contribution is 0.0940. The summed E-state index contributed by atoms with van der Waals surface area (Å²) >= 11 is 1.62. The summed E-state index contributed by atoms with van der Waals surface area (Å²) in [6, 6.07) is 2.29. The van der Waals surface area contributed by atoms with Gasteiger partial charge in [0.1, 0.15) is 6.33 Å². The molecule has 2 N–H and O–H groups in total. The molecule has 0 bridgehead atoms. The Labute approximate surface area is 121 Å². The molecule has 6 nitrogen and oxygen atoms in total. The van der Waals surface area contributed by atoms with Crippen LogP contribution in [0.25, 0.3) is 0 Å². The Morgan fingerprint density at radius 3 is 3.30 bits per heavy atom. The third-order valence-electron chi connectivity index (χ3n) is 3.39. The van der Waals surface area contributed by atoms with Gasteiger partial charge in [0.2, 0.25) is 5.82 Å². The lowest BCUT2D eigenvalue weighted by Crippen LogP contribution is -2.32. The summed E-state index contributed by atoms with van der Waals surface area (Å²) in [5.74, 6) is 0.0181. The summed E-state index contributed by atoms with van der Waals surface area (Å²) in [5, 5.41) is 14.5. The molecule has 0 saturated carbocycles. The van der Waals surface area contributed by atoms with E-state index in [-0.39, 0.29) is 11.7 Å². The summed E-state index contributed by atoms with van der Waals surface area (Å²) in [4.78, 5) is 16.1. The second kappa shape index (κ2) is 6.15. The molecule has 0 aliphatic carbocycles. The SMILES string of the molecule is O=C(NCc1ccsc1)c1ncn([C@@H]2CCCNC2)n1. The van der Waals surface area contributed by atoms with Gasteiger partial charge in [-0.3, -0.25) is 4.79 Å². The predicted molar refractivity (Wildman–Crippen MR) is 76.7 cm³/mol. The second-order valence-electron chi connectivity index (χ2n) is 4.86. The molecule has 0 spiro atoms. The molecule has 1 amide bonds. The number of thiophene rings is 1. The van der Waals surface area contributed by atoms with Crippen molar-refractivity contribution in [3.63, 3.8) is 0 Å². The first kappa shape index (κ1) is 13.3. The Bertz CT molecular complexity index is 559. The maximum atomic E-state index is 12.0. The summed E-state index contributed by atoms with van der Waals surface area (Å²) in [6.07, 6.45) is 3.85. The van der Waals surface area contributed by atoms with E-state index in [2.05, 4.69) is 20.7 Å². The van der Waals surface area contributed by atoms with Gasteiger partial charge in [-0.2, -0.15) is 11.3 Å². The quantitative estimate of drug-likeness (QED) is 0.888. The van der Waals surface area contributed by atoms with Gasteiger partial charge in [-0.05, 0) is 41.8 Å². The zero-order chi connectivity index (χ0) is 13.8. The number of hydrogen-bond acceptors (Lipinski definition) is 5. The largest absolute Gasteiger partial charge is 0.345 e. The molecule has 106 valence electrons. The van der Waals surface area contributed by atoms with E-state index >= 15 is 0 Å². The van der Waals surface area contributed by atoms with Gasteiger partial charge < -0.3 is 10.6 Å². The van der Waals surface area contributed by atoms with Crippen molar-refractivity contribution in [3.8, 4) is 0 Å². The molecular formula is C13H17N5OS. The lowest BCUT2D eigenvalue weighted by atomic mass is 10.1. The van der Waals surface area contributed by atoms with E-state index in [4.69, 9.17) is 0 Å². The minimum Gasteiger partial charge on any atom is -0.345 e. The van der Waals surface area contributed by atoms with Gasteiger partial charge in [-0.1, -0.05) is 0 Å². The number of amides is 1. The van der Waals surface area contributed by atoms with Gasteiger partial charge >= 0.3 is 0 Å². The zero-order valence-electron chi connectivity index (χ0n) is 11.1. The van der Waals surface area contributed by atoms with Crippen LogP contribution < -0.4 is 10.6 Å². The fourth-order valence-electron chi connectivity index (χ4n) is 2.27. The predicted octanol–water partition coefficient (Wildman–Crippen LogP) is 1.19. The van der Waals surface area contributed by atoms with Crippen LogP contribution in [-0.2, 0) is 6.54 Å². The van der Waals surface area contributed by atoms with Crippen molar-refractivity contribution in [2.45, 2.75) is 25.4 Å². The highest BCUT2D eigenvalue weighted by atomic mass is 32.1. The van der Waals surface area contributed by atoms with E-state index in [1.54, 1.807) is 22.3 Å². The third kappa shape index (κ3) is 3.05. The van der Waals surface area contributed by atoms with Crippen LogP contribution in [0.4, 0.5) is 0 Å². The minimum absolute atomic E-state index is 0.223. The molecule has 2 aromatic heterocycles. The van der Waals surface area contributed by atoms with Crippen LogP contribution >= 0.6 is 11.3 Å². The van der Waals surface area contributed by atoms with E-state index in [0.717, 1.165) is 31.5 Å². The number of nitrogens with one attached hydrogen (secondary N) is 2. The maximum absolute atomic E-state index is 12.0. The number of rotatable bonds is 4. The molecule has 3 heterocycles. The monoisotopic (exact) mass is 291 g/mol. The number of carbonyl (C=O) groups is 1. The molecule has 1 fully saturated rings. The molecule has 1 aliphatic rings. The van der Waals surface area contributed by atoms with Gasteiger partial charge in [0.25, 0.3) is 5.91 Å². The molecule has 2 aromatic rings. The molecule has 1 atom stereocenters. The van der Waals surface area contributed by atoms with Crippen molar-refractivity contribution in [2.75, 3.05) is 13.1 Å². The fourth-order valence-corrected chi connectivity index (χ4v) is 2.94. The van der Waals surface area contributed by atoms with E-state index in [9.17, 15) is 4.79 Å². The highest BCUT2D eigenvalue weighted by Crippen LogP contribution is 2.14. The summed E-state index contributed by atoms with van der Waals surface area (Å²) in [6.45, 7) is 2.46. The molecule has 1 aliphatic heterocycles. The van der Waals surface area contributed by atoms with Crippen LogP contribution in [0.3, 0.4) is 0 Å². The van der Waals surface area contributed by atoms with Crippen LogP contribution in [0.2, 0.25) is 0 Å². The Morgan fingerprint density at radius 2 is 2.55 bits per heavy atom. The van der Waals surface area contributed by atoms with Gasteiger partial charge in [0.05, 0.1) is 6.04 Å². The molecule has 0 radical (unpaired) electrons. The minimum atomic E-state index is -0.223. The second-order valence-corrected chi connectivity index (χ2v) is 5.64. The van der Waals surface area contributed by atoms with Gasteiger partial charge in [-0.25, -0.2) is 9.67 Å². The molecule has 3 rings (SSSR count). The first-order chi connectivity index (χ1) is 9.83. The van der Waals surface area contributed by atoms with Crippen molar-refractivity contribution in [2.24, 2.45) is 0 Å². The third-order valence-corrected chi connectivity index (χ3v) is 4.12. The maximum Gasteiger partial charge on any atom is 0.291 e. The molecule has 0 unspecified atom stereocenters. The Morgan fingerprint density at radius 1 is 1.60 bits per heavy atom. The number of carbonyl (C=O) groups excluding carboxylic acids is 1. The number of hydrogen-bond donors (Lipinski definition) is 2. The molecule has 20 heavy (non-hydrogen) atoms. The topological polar surface area (TPSA) is 71.8 Å². The molecular weight excluding hydrogens is 274 g/mol. The Hall–Kier alpha value is -1.73. The number of piperidine rings is 1. The Balaban J connectivity index is 1.59.